The van der Waals surface area contributed by atoms with Gasteiger partial charge < -0.3 is 14.9 Å². The number of carboxylic acids is 1. The van der Waals surface area contributed by atoms with E-state index in [4.69, 9.17) is 9.63 Å². The molecule has 0 aliphatic heterocycles. The Hall–Kier alpha value is -2.28. The van der Waals surface area contributed by atoms with E-state index in [2.05, 4.69) is 20.4 Å². The Morgan fingerprint density at radius 3 is 3.05 bits per heavy atom. The summed E-state index contributed by atoms with van der Waals surface area (Å²) in [6, 6.07) is 3.14. The van der Waals surface area contributed by atoms with Gasteiger partial charge >= 0.3 is 5.97 Å². The summed E-state index contributed by atoms with van der Waals surface area (Å²) in [5.41, 5.74) is 0.727. The molecular formula is C12H14N4O3. The fourth-order valence-corrected chi connectivity index (χ4v) is 1.62. The van der Waals surface area contributed by atoms with Crippen LogP contribution in [0.1, 0.15) is 27.8 Å². The van der Waals surface area contributed by atoms with Gasteiger partial charge in [0, 0.05) is 32.6 Å². The van der Waals surface area contributed by atoms with Crippen LogP contribution in [0.25, 0.3) is 0 Å². The van der Waals surface area contributed by atoms with E-state index < -0.39 is 5.97 Å². The van der Waals surface area contributed by atoms with Gasteiger partial charge in [-0.1, -0.05) is 5.16 Å². The van der Waals surface area contributed by atoms with Crippen molar-refractivity contribution in [2.24, 2.45) is 0 Å². The maximum absolute atomic E-state index is 11.0. The molecule has 19 heavy (non-hydrogen) atoms. The molecule has 0 spiro atoms. The number of hydrogen-bond acceptors (Lipinski definition) is 6. The van der Waals surface area contributed by atoms with Crippen LogP contribution in [0.15, 0.2) is 22.9 Å². The minimum atomic E-state index is -0.973. The summed E-state index contributed by atoms with van der Waals surface area (Å²) in [6.45, 7) is 2.74. The van der Waals surface area contributed by atoms with Crippen molar-refractivity contribution in [2.75, 3.05) is 6.54 Å². The normalized spacial score (nSPS) is 10.6. The van der Waals surface area contributed by atoms with Crippen LogP contribution >= 0.6 is 0 Å². The first-order chi connectivity index (χ1) is 9.16. The first kappa shape index (κ1) is 13.2. The Balaban J connectivity index is 1.84. The third kappa shape index (κ3) is 3.59. The van der Waals surface area contributed by atoms with Gasteiger partial charge in [-0.2, -0.15) is 4.98 Å². The second-order valence-corrected chi connectivity index (χ2v) is 3.96. The Bertz CT molecular complexity index is 568. The highest BCUT2D eigenvalue weighted by atomic mass is 16.5. The minimum Gasteiger partial charge on any atom is -0.478 e. The molecule has 0 aliphatic carbocycles. The van der Waals surface area contributed by atoms with Crippen molar-refractivity contribution in [3.63, 3.8) is 0 Å². The molecule has 2 N–H and O–H groups in total. The van der Waals surface area contributed by atoms with Crippen LogP contribution in [0.2, 0.25) is 0 Å². The monoisotopic (exact) mass is 262 g/mol. The molecule has 0 bridgehead atoms. The summed E-state index contributed by atoms with van der Waals surface area (Å²) in [5.74, 6) is 0.191. The number of aromatic carboxylic acids is 1. The Kier molecular flexibility index (Phi) is 4.19. The molecule has 0 fully saturated rings. The highest BCUT2D eigenvalue weighted by molar-refractivity contribution is 5.88. The Morgan fingerprint density at radius 2 is 2.37 bits per heavy atom. The zero-order valence-electron chi connectivity index (χ0n) is 10.5. The standard InChI is InChI=1S/C12H14N4O3/c1-8-15-11(16-19-8)4-6-13-7-10-9(12(17)18)3-2-5-14-10/h2-3,5,13H,4,6-7H2,1H3,(H,17,18). The molecule has 100 valence electrons. The maximum Gasteiger partial charge on any atom is 0.337 e. The second-order valence-electron chi connectivity index (χ2n) is 3.96. The average Bonchev–Trinajstić information content (AvgIpc) is 2.81. The number of aromatic nitrogens is 3. The van der Waals surface area contributed by atoms with Gasteiger partial charge in [-0.25, -0.2) is 4.79 Å². The zero-order chi connectivity index (χ0) is 13.7. The first-order valence-electron chi connectivity index (χ1n) is 5.84. The predicted octanol–water partition coefficient (Wildman–Crippen LogP) is 0.804. The van der Waals surface area contributed by atoms with Gasteiger partial charge in [0.2, 0.25) is 5.89 Å². The van der Waals surface area contributed by atoms with Crippen LogP contribution in [0.3, 0.4) is 0 Å². The molecule has 2 heterocycles. The molecule has 0 saturated carbocycles. The number of nitrogens with one attached hydrogen (secondary N) is 1. The van der Waals surface area contributed by atoms with E-state index in [1.807, 2.05) is 0 Å². The molecule has 0 atom stereocenters. The SMILES string of the molecule is Cc1nc(CCNCc2ncccc2C(=O)O)no1. The van der Waals surface area contributed by atoms with Crippen molar-refractivity contribution in [2.45, 2.75) is 19.9 Å². The van der Waals surface area contributed by atoms with Crippen molar-refractivity contribution in [1.82, 2.24) is 20.4 Å². The topological polar surface area (TPSA) is 101 Å². The average molecular weight is 262 g/mol. The molecule has 0 unspecified atom stereocenters. The summed E-state index contributed by atoms with van der Waals surface area (Å²) in [4.78, 5) is 19.1. The Labute approximate surface area is 109 Å². The fraction of sp³-hybridized carbons (Fsp3) is 0.333. The number of rotatable bonds is 6. The molecular weight excluding hydrogens is 248 g/mol. The summed E-state index contributed by atoms with van der Waals surface area (Å²) < 4.78 is 4.85. The van der Waals surface area contributed by atoms with Crippen molar-refractivity contribution in [3.8, 4) is 0 Å². The summed E-state index contributed by atoms with van der Waals surface area (Å²) in [5, 5.41) is 15.9. The highest BCUT2D eigenvalue weighted by Gasteiger charge is 2.09. The summed E-state index contributed by atoms with van der Waals surface area (Å²) in [7, 11) is 0. The van der Waals surface area contributed by atoms with E-state index in [1.165, 1.54) is 6.07 Å². The van der Waals surface area contributed by atoms with E-state index in [9.17, 15) is 4.79 Å². The van der Waals surface area contributed by atoms with E-state index >= 15 is 0 Å². The number of hydrogen-bond donors (Lipinski definition) is 2. The molecule has 2 rings (SSSR count). The van der Waals surface area contributed by atoms with Crippen molar-refractivity contribution >= 4 is 5.97 Å². The van der Waals surface area contributed by atoms with Crippen molar-refractivity contribution < 1.29 is 14.4 Å². The number of pyridine rings is 1. The second kappa shape index (κ2) is 6.05. The lowest BCUT2D eigenvalue weighted by atomic mass is 10.2. The molecule has 0 aliphatic rings. The maximum atomic E-state index is 11.0. The van der Waals surface area contributed by atoms with E-state index in [0.29, 0.717) is 36.9 Å². The zero-order valence-corrected chi connectivity index (χ0v) is 10.5. The van der Waals surface area contributed by atoms with E-state index in [-0.39, 0.29) is 5.56 Å². The lowest BCUT2D eigenvalue weighted by molar-refractivity contribution is 0.0695. The fourth-order valence-electron chi connectivity index (χ4n) is 1.62. The number of carboxylic acid groups (broad SMARTS) is 1. The molecule has 0 saturated heterocycles. The predicted molar refractivity (Wildman–Crippen MR) is 65.6 cm³/mol. The van der Waals surface area contributed by atoms with Gasteiger partial charge in [-0.3, -0.25) is 4.98 Å². The number of aryl methyl sites for hydroxylation is 1. The molecule has 0 amide bonds. The van der Waals surface area contributed by atoms with Crippen molar-refractivity contribution in [1.29, 1.82) is 0 Å². The van der Waals surface area contributed by atoms with Crippen molar-refractivity contribution in [3.05, 3.63) is 41.3 Å². The van der Waals surface area contributed by atoms with Crippen LogP contribution in [-0.2, 0) is 13.0 Å². The highest BCUT2D eigenvalue weighted by Crippen LogP contribution is 2.04. The van der Waals surface area contributed by atoms with E-state index in [1.54, 1.807) is 19.2 Å². The largest absolute Gasteiger partial charge is 0.478 e. The van der Waals surface area contributed by atoms with Crippen LogP contribution in [0, 0.1) is 6.92 Å². The van der Waals surface area contributed by atoms with Gasteiger partial charge in [0.15, 0.2) is 5.82 Å². The lowest BCUT2D eigenvalue weighted by Crippen LogP contribution is -2.20. The molecule has 2 aromatic rings. The van der Waals surface area contributed by atoms with Gasteiger partial charge in [0.25, 0.3) is 0 Å². The number of carbonyl (C=O) groups is 1. The van der Waals surface area contributed by atoms with Crippen LogP contribution < -0.4 is 5.32 Å². The van der Waals surface area contributed by atoms with Crippen LogP contribution in [-0.4, -0.2) is 32.7 Å². The van der Waals surface area contributed by atoms with E-state index in [0.717, 1.165) is 0 Å². The van der Waals surface area contributed by atoms with Gasteiger partial charge in [-0.15, -0.1) is 0 Å². The summed E-state index contributed by atoms with van der Waals surface area (Å²) in [6.07, 6.45) is 2.19. The van der Waals surface area contributed by atoms with Crippen LogP contribution in [0.5, 0.6) is 0 Å². The molecule has 0 aromatic carbocycles. The van der Waals surface area contributed by atoms with Crippen LogP contribution in [0.4, 0.5) is 0 Å². The summed E-state index contributed by atoms with van der Waals surface area (Å²) >= 11 is 0. The third-order valence-corrected chi connectivity index (χ3v) is 2.51. The lowest BCUT2D eigenvalue weighted by Gasteiger charge is -2.05. The van der Waals surface area contributed by atoms with Gasteiger partial charge in [0.1, 0.15) is 0 Å². The molecule has 0 radical (unpaired) electrons. The number of nitrogens with zero attached hydrogens (tertiary/aromatic N) is 3. The van der Waals surface area contributed by atoms with Gasteiger partial charge in [0.05, 0.1) is 11.3 Å². The first-order valence-corrected chi connectivity index (χ1v) is 5.84. The Morgan fingerprint density at radius 1 is 1.53 bits per heavy atom. The molecule has 7 nitrogen and oxygen atoms in total. The minimum absolute atomic E-state index is 0.213. The quantitative estimate of drug-likeness (QED) is 0.742. The van der Waals surface area contributed by atoms with Gasteiger partial charge in [-0.05, 0) is 12.1 Å². The molecule has 7 heteroatoms. The molecule has 2 aromatic heterocycles. The third-order valence-electron chi connectivity index (χ3n) is 2.51. The smallest absolute Gasteiger partial charge is 0.337 e.